The summed E-state index contributed by atoms with van der Waals surface area (Å²) in [7, 11) is -2.87. The summed E-state index contributed by atoms with van der Waals surface area (Å²) in [6, 6.07) is 0. The second kappa shape index (κ2) is 5.93. The molecule has 0 unspecified atom stereocenters. The molecule has 1 aliphatic heterocycles. The first-order valence-corrected chi connectivity index (χ1v) is 9.81. The SMILES string of the molecule is CCS(=O)(=O)CCN1CC2(CCCCC2)NCC1(C)C. The molecule has 1 heterocycles. The Morgan fingerprint density at radius 3 is 2.40 bits per heavy atom. The number of sulfone groups is 1. The van der Waals surface area contributed by atoms with Crippen molar-refractivity contribution in [3.05, 3.63) is 0 Å². The summed E-state index contributed by atoms with van der Waals surface area (Å²) in [6.07, 6.45) is 6.42. The van der Waals surface area contributed by atoms with Crippen molar-refractivity contribution in [3.8, 4) is 0 Å². The van der Waals surface area contributed by atoms with Gasteiger partial charge in [-0.1, -0.05) is 26.2 Å². The molecule has 2 fully saturated rings. The van der Waals surface area contributed by atoms with Crippen molar-refractivity contribution in [2.75, 3.05) is 31.1 Å². The quantitative estimate of drug-likeness (QED) is 0.860. The smallest absolute Gasteiger partial charge is 0.151 e. The monoisotopic (exact) mass is 302 g/mol. The van der Waals surface area contributed by atoms with Crippen molar-refractivity contribution < 1.29 is 8.42 Å². The van der Waals surface area contributed by atoms with Crippen LogP contribution in [0.25, 0.3) is 0 Å². The van der Waals surface area contributed by atoms with E-state index < -0.39 is 9.84 Å². The van der Waals surface area contributed by atoms with E-state index in [1.807, 2.05) is 0 Å². The lowest BCUT2D eigenvalue weighted by Gasteiger charge is -2.53. The molecule has 118 valence electrons. The van der Waals surface area contributed by atoms with Gasteiger partial charge in [-0.2, -0.15) is 0 Å². The summed E-state index contributed by atoms with van der Waals surface area (Å²) in [6.45, 7) is 8.80. The van der Waals surface area contributed by atoms with Gasteiger partial charge in [0.15, 0.2) is 9.84 Å². The Balaban J connectivity index is 2.03. The van der Waals surface area contributed by atoms with E-state index in [9.17, 15) is 8.42 Å². The number of hydrogen-bond donors (Lipinski definition) is 1. The maximum atomic E-state index is 11.8. The van der Waals surface area contributed by atoms with Crippen molar-refractivity contribution in [1.82, 2.24) is 10.2 Å². The molecule has 2 aliphatic rings. The molecule has 0 atom stereocenters. The van der Waals surface area contributed by atoms with E-state index in [0.717, 1.165) is 13.1 Å². The van der Waals surface area contributed by atoms with Gasteiger partial charge < -0.3 is 5.32 Å². The van der Waals surface area contributed by atoms with E-state index in [4.69, 9.17) is 0 Å². The van der Waals surface area contributed by atoms with Crippen LogP contribution in [0.15, 0.2) is 0 Å². The molecule has 0 radical (unpaired) electrons. The Bertz CT molecular complexity index is 425. The number of nitrogens with one attached hydrogen (secondary N) is 1. The summed E-state index contributed by atoms with van der Waals surface area (Å²) in [5, 5.41) is 3.77. The van der Waals surface area contributed by atoms with Crippen molar-refractivity contribution in [3.63, 3.8) is 0 Å². The molecule has 2 rings (SSSR count). The third-order valence-electron chi connectivity index (χ3n) is 5.17. The molecule has 1 saturated carbocycles. The van der Waals surface area contributed by atoms with Crippen LogP contribution in [0.5, 0.6) is 0 Å². The lowest BCUT2D eigenvalue weighted by molar-refractivity contribution is 0.0154. The third kappa shape index (κ3) is 3.74. The molecule has 0 aromatic heterocycles. The fourth-order valence-corrected chi connectivity index (χ4v) is 4.28. The first kappa shape index (κ1) is 16.2. The van der Waals surface area contributed by atoms with E-state index in [2.05, 4.69) is 24.1 Å². The summed E-state index contributed by atoms with van der Waals surface area (Å²) >= 11 is 0. The van der Waals surface area contributed by atoms with Crippen LogP contribution in [0.2, 0.25) is 0 Å². The normalized spacial score (nSPS) is 26.8. The van der Waals surface area contributed by atoms with Crippen LogP contribution >= 0.6 is 0 Å². The second-order valence-electron chi connectivity index (χ2n) is 7.16. The predicted molar refractivity (Wildman–Crippen MR) is 83.8 cm³/mol. The molecule has 1 aliphatic carbocycles. The van der Waals surface area contributed by atoms with Gasteiger partial charge in [-0.3, -0.25) is 4.90 Å². The Morgan fingerprint density at radius 1 is 1.15 bits per heavy atom. The fourth-order valence-electron chi connectivity index (χ4n) is 3.49. The van der Waals surface area contributed by atoms with Gasteiger partial charge in [0.2, 0.25) is 0 Å². The highest BCUT2D eigenvalue weighted by atomic mass is 32.2. The topological polar surface area (TPSA) is 49.4 Å². The van der Waals surface area contributed by atoms with Gasteiger partial charge in [0.1, 0.15) is 0 Å². The van der Waals surface area contributed by atoms with Crippen LogP contribution < -0.4 is 5.32 Å². The first-order valence-electron chi connectivity index (χ1n) is 7.99. The van der Waals surface area contributed by atoms with Crippen LogP contribution in [-0.4, -0.2) is 55.5 Å². The Morgan fingerprint density at radius 2 is 1.80 bits per heavy atom. The van der Waals surface area contributed by atoms with Crippen molar-refractivity contribution >= 4 is 9.84 Å². The molecule has 0 aromatic carbocycles. The number of rotatable bonds is 4. The predicted octanol–water partition coefficient (Wildman–Crippen LogP) is 1.81. The lowest BCUT2D eigenvalue weighted by atomic mass is 9.78. The molecular formula is C15H30N2O2S. The number of piperazine rings is 1. The highest BCUT2D eigenvalue weighted by Gasteiger charge is 2.43. The fraction of sp³-hybridized carbons (Fsp3) is 1.00. The van der Waals surface area contributed by atoms with E-state index >= 15 is 0 Å². The number of nitrogens with zero attached hydrogens (tertiary/aromatic N) is 1. The van der Waals surface area contributed by atoms with Gasteiger partial charge in [-0.15, -0.1) is 0 Å². The summed E-state index contributed by atoms with van der Waals surface area (Å²) < 4.78 is 23.6. The van der Waals surface area contributed by atoms with Gasteiger partial charge >= 0.3 is 0 Å². The zero-order chi connectivity index (χ0) is 14.9. The van der Waals surface area contributed by atoms with E-state index in [0.29, 0.717) is 12.3 Å². The number of hydrogen-bond acceptors (Lipinski definition) is 4. The molecule has 5 heteroatoms. The maximum absolute atomic E-state index is 11.8. The molecule has 0 bridgehead atoms. The summed E-state index contributed by atoms with van der Waals surface area (Å²) in [5.41, 5.74) is 0.287. The summed E-state index contributed by atoms with van der Waals surface area (Å²) in [5.74, 6) is 0.549. The zero-order valence-electron chi connectivity index (χ0n) is 13.2. The van der Waals surface area contributed by atoms with Crippen LogP contribution in [0.1, 0.15) is 52.9 Å². The van der Waals surface area contributed by atoms with Crippen molar-refractivity contribution in [2.45, 2.75) is 64.0 Å². The van der Waals surface area contributed by atoms with Crippen molar-refractivity contribution in [2.24, 2.45) is 0 Å². The van der Waals surface area contributed by atoms with Crippen LogP contribution in [0.3, 0.4) is 0 Å². The third-order valence-corrected chi connectivity index (χ3v) is 6.85. The molecule has 4 nitrogen and oxygen atoms in total. The highest BCUT2D eigenvalue weighted by Crippen LogP contribution is 2.34. The Kier molecular flexibility index (Phi) is 4.82. The first-order chi connectivity index (χ1) is 9.29. The molecule has 0 amide bonds. The van der Waals surface area contributed by atoms with Gasteiger partial charge in [-0.05, 0) is 26.7 Å². The zero-order valence-corrected chi connectivity index (χ0v) is 14.1. The largest absolute Gasteiger partial charge is 0.308 e. The minimum absolute atomic E-state index is 0.0476. The van der Waals surface area contributed by atoms with Crippen LogP contribution in [0.4, 0.5) is 0 Å². The van der Waals surface area contributed by atoms with Crippen LogP contribution in [0, 0.1) is 0 Å². The molecule has 1 N–H and O–H groups in total. The van der Waals surface area contributed by atoms with Gasteiger partial charge in [-0.25, -0.2) is 8.42 Å². The molecule has 1 saturated heterocycles. The molecular weight excluding hydrogens is 272 g/mol. The van der Waals surface area contributed by atoms with E-state index in [1.54, 1.807) is 6.92 Å². The van der Waals surface area contributed by atoms with E-state index in [1.165, 1.54) is 32.1 Å². The molecule has 20 heavy (non-hydrogen) atoms. The second-order valence-corrected chi connectivity index (χ2v) is 9.64. The van der Waals surface area contributed by atoms with Gasteiger partial charge in [0.25, 0.3) is 0 Å². The van der Waals surface area contributed by atoms with Gasteiger partial charge in [0, 0.05) is 36.5 Å². The average Bonchev–Trinajstić information content (AvgIpc) is 2.42. The summed E-state index contributed by atoms with van der Waals surface area (Å²) in [4.78, 5) is 2.40. The van der Waals surface area contributed by atoms with Crippen LogP contribution in [-0.2, 0) is 9.84 Å². The minimum atomic E-state index is -2.87. The Labute approximate surface area is 124 Å². The standard InChI is InChI=1S/C15H30N2O2S/c1-4-20(18,19)11-10-17-13-15(8-6-5-7-9-15)16-12-14(17,2)3/h16H,4-13H2,1-3H3. The van der Waals surface area contributed by atoms with Crippen molar-refractivity contribution in [1.29, 1.82) is 0 Å². The minimum Gasteiger partial charge on any atom is -0.308 e. The lowest BCUT2D eigenvalue weighted by Crippen LogP contribution is -2.69. The molecule has 0 aromatic rings. The van der Waals surface area contributed by atoms with Gasteiger partial charge in [0.05, 0.1) is 5.75 Å². The highest BCUT2D eigenvalue weighted by molar-refractivity contribution is 7.91. The maximum Gasteiger partial charge on any atom is 0.151 e. The molecule has 1 spiro atoms. The Hall–Kier alpha value is -0.130. The van der Waals surface area contributed by atoms with E-state index in [-0.39, 0.29) is 16.8 Å². The average molecular weight is 302 g/mol.